The number of esters is 1. The molecule has 0 spiro atoms. The summed E-state index contributed by atoms with van der Waals surface area (Å²) in [4.78, 5) is 11.3. The zero-order valence-corrected chi connectivity index (χ0v) is 12.8. The van der Waals surface area contributed by atoms with Gasteiger partial charge in [-0.1, -0.05) is 23.7 Å². The van der Waals surface area contributed by atoms with Crippen LogP contribution in [0, 0.1) is 0 Å². The van der Waals surface area contributed by atoms with Crippen LogP contribution in [0.1, 0.15) is 34.8 Å². The van der Waals surface area contributed by atoms with E-state index in [0.717, 1.165) is 18.0 Å². The first-order chi connectivity index (χ1) is 10.1. The minimum absolute atomic E-state index is 0.0238. The fourth-order valence-electron chi connectivity index (χ4n) is 1.98. The molecule has 0 saturated heterocycles. The number of furan rings is 1. The predicted octanol–water partition coefficient (Wildman–Crippen LogP) is 3.61. The zero-order valence-electron chi connectivity index (χ0n) is 12.1. The highest BCUT2D eigenvalue weighted by molar-refractivity contribution is 6.30. The number of hydrogen-bond acceptors (Lipinski definition) is 4. The third kappa shape index (κ3) is 4.34. The van der Waals surface area contributed by atoms with Gasteiger partial charge >= 0.3 is 5.97 Å². The van der Waals surface area contributed by atoms with E-state index < -0.39 is 5.97 Å². The molecule has 5 heteroatoms. The van der Waals surface area contributed by atoms with Gasteiger partial charge in [0.05, 0.1) is 13.2 Å². The SMILES string of the molecule is COC(=O)c1ccc(C(C)NCCc2ccc(Cl)cc2)o1. The van der Waals surface area contributed by atoms with Crippen molar-refractivity contribution in [3.05, 3.63) is 58.5 Å². The monoisotopic (exact) mass is 307 g/mol. The van der Waals surface area contributed by atoms with Gasteiger partial charge in [-0.05, 0) is 49.7 Å². The van der Waals surface area contributed by atoms with Gasteiger partial charge in [0.15, 0.2) is 0 Å². The summed E-state index contributed by atoms with van der Waals surface area (Å²) in [6.45, 7) is 2.79. The number of carbonyl (C=O) groups is 1. The Labute approximate surface area is 129 Å². The van der Waals surface area contributed by atoms with Crippen LogP contribution in [0.5, 0.6) is 0 Å². The van der Waals surface area contributed by atoms with Gasteiger partial charge in [-0.2, -0.15) is 0 Å². The van der Waals surface area contributed by atoms with E-state index in [-0.39, 0.29) is 11.8 Å². The van der Waals surface area contributed by atoms with E-state index in [1.807, 2.05) is 31.2 Å². The molecule has 0 aliphatic rings. The van der Waals surface area contributed by atoms with Crippen LogP contribution in [0.3, 0.4) is 0 Å². The molecule has 1 unspecified atom stereocenters. The molecule has 21 heavy (non-hydrogen) atoms. The summed E-state index contributed by atoms with van der Waals surface area (Å²) in [6, 6.07) is 11.2. The molecule has 112 valence electrons. The number of carbonyl (C=O) groups excluding carboxylic acids is 1. The van der Waals surface area contributed by atoms with Crippen LogP contribution >= 0.6 is 11.6 Å². The highest BCUT2D eigenvalue weighted by atomic mass is 35.5. The van der Waals surface area contributed by atoms with E-state index in [1.165, 1.54) is 12.7 Å². The van der Waals surface area contributed by atoms with Gasteiger partial charge in [0.2, 0.25) is 5.76 Å². The third-order valence-corrected chi connectivity index (χ3v) is 3.47. The van der Waals surface area contributed by atoms with E-state index in [0.29, 0.717) is 5.76 Å². The lowest BCUT2D eigenvalue weighted by Crippen LogP contribution is -2.21. The topological polar surface area (TPSA) is 51.5 Å². The van der Waals surface area contributed by atoms with E-state index >= 15 is 0 Å². The van der Waals surface area contributed by atoms with E-state index in [4.69, 9.17) is 16.0 Å². The van der Waals surface area contributed by atoms with Crippen LogP contribution < -0.4 is 5.32 Å². The average molecular weight is 308 g/mol. The largest absolute Gasteiger partial charge is 0.463 e. The maximum absolute atomic E-state index is 11.3. The lowest BCUT2D eigenvalue weighted by atomic mass is 10.1. The van der Waals surface area contributed by atoms with Gasteiger partial charge in [0.25, 0.3) is 0 Å². The molecule has 1 N–H and O–H groups in total. The van der Waals surface area contributed by atoms with Crippen LogP contribution in [-0.2, 0) is 11.2 Å². The van der Waals surface area contributed by atoms with E-state index in [9.17, 15) is 4.79 Å². The molecule has 2 aromatic rings. The van der Waals surface area contributed by atoms with Gasteiger partial charge in [0, 0.05) is 5.02 Å². The molecule has 0 aliphatic carbocycles. The minimum atomic E-state index is -0.463. The predicted molar refractivity (Wildman–Crippen MR) is 81.6 cm³/mol. The molecule has 1 aromatic heterocycles. The van der Waals surface area contributed by atoms with Crippen molar-refractivity contribution >= 4 is 17.6 Å². The lowest BCUT2D eigenvalue weighted by Gasteiger charge is -2.11. The van der Waals surface area contributed by atoms with Crippen LogP contribution in [0.4, 0.5) is 0 Å². The second-order valence-electron chi connectivity index (χ2n) is 4.75. The summed E-state index contributed by atoms with van der Waals surface area (Å²) < 4.78 is 10.1. The zero-order chi connectivity index (χ0) is 15.2. The van der Waals surface area contributed by atoms with Crippen molar-refractivity contribution in [2.75, 3.05) is 13.7 Å². The first-order valence-electron chi connectivity index (χ1n) is 6.76. The smallest absolute Gasteiger partial charge is 0.373 e. The normalized spacial score (nSPS) is 12.1. The molecule has 1 atom stereocenters. The fraction of sp³-hybridized carbons (Fsp3) is 0.312. The van der Waals surface area contributed by atoms with Gasteiger partial charge < -0.3 is 14.5 Å². The van der Waals surface area contributed by atoms with Gasteiger partial charge in [0.1, 0.15) is 5.76 Å². The molecular weight excluding hydrogens is 290 g/mol. The molecule has 0 saturated carbocycles. The summed E-state index contributed by atoms with van der Waals surface area (Å²) in [6.07, 6.45) is 0.895. The van der Waals surface area contributed by atoms with Crippen LogP contribution in [0.2, 0.25) is 5.02 Å². The Kier molecular flexibility index (Phi) is 5.42. The van der Waals surface area contributed by atoms with Crippen molar-refractivity contribution in [3.63, 3.8) is 0 Å². The molecular formula is C16H18ClNO3. The van der Waals surface area contributed by atoms with Crippen molar-refractivity contribution in [2.24, 2.45) is 0 Å². The van der Waals surface area contributed by atoms with E-state index in [1.54, 1.807) is 12.1 Å². The van der Waals surface area contributed by atoms with Gasteiger partial charge in [-0.15, -0.1) is 0 Å². The van der Waals surface area contributed by atoms with Crippen LogP contribution in [0.15, 0.2) is 40.8 Å². The average Bonchev–Trinajstić information content (AvgIpc) is 2.98. The van der Waals surface area contributed by atoms with Crippen LogP contribution in [0.25, 0.3) is 0 Å². The quantitative estimate of drug-likeness (QED) is 0.828. The standard InChI is InChI=1S/C16H18ClNO3/c1-11(14-7-8-15(21-14)16(19)20-2)18-10-9-12-3-5-13(17)6-4-12/h3-8,11,18H,9-10H2,1-2H3. The number of nitrogens with one attached hydrogen (secondary N) is 1. The number of rotatable bonds is 6. The Hall–Kier alpha value is -1.78. The Morgan fingerprint density at radius 3 is 2.67 bits per heavy atom. The maximum Gasteiger partial charge on any atom is 0.373 e. The molecule has 0 radical (unpaired) electrons. The third-order valence-electron chi connectivity index (χ3n) is 3.22. The van der Waals surface area contributed by atoms with Crippen molar-refractivity contribution in [3.8, 4) is 0 Å². The molecule has 0 fully saturated rings. The van der Waals surface area contributed by atoms with Crippen molar-refractivity contribution in [1.82, 2.24) is 5.32 Å². The van der Waals surface area contributed by atoms with Crippen molar-refractivity contribution in [2.45, 2.75) is 19.4 Å². The van der Waals surface area contributed by atoms with Crippen molar-refractivity contribution < 1.29 is 13.9 Å². The second kappa shape index (κ2) is 7.29. The first kappa shape index (κ1) is 15.6. The van der Waals surface area contributed by atoms with Crippen molar-refractivity contribution in [1.29, 1.82) is 0 Å². The van der Waals surface area contributed by atoms with Gasteiger partial charge in [-0.25, -0.2) is 4.79 Å². The van der Waals surface area contributed by atoms with Crippen LogP contribution in [-0.4, -0.2) is 19.6 Å². The lowest BCUT2D eigenvalue weighted by molar-refractivity contribution is 0.0562. The Balaban J connectivity index is 1.84. The van der Waals surface area contributed by atoms with E-state index in [2.05, 4.69) is 10.1 Å². The second-order valence-corrected chi connectivity index (χ2v) is 5.18. The summed E-state index contributed by atoms with van der Waals surface area (Å²) in [5.74, 6) is 0.472. The molecule has 0 bridgehead atoms. The highest BCUT2D eigenvalue weighted by Crippen LogP contribution is 2.17. The number of halogens is 1. The molecule has 4 nitrogen and oxygen atoms in total. The molecule has 0 aliphatic heterocycles. The molecule has 2 rings (SSSR count). The summed E-state index contributed by atoms with van der Waals surface area (Å²) in [5.41, 5.74) is 1.22. The Morgan fingerprint density at radius 1 is 1.29 bits per heavy atom. The fourth-order valence-corrected chi connectivity index (χ4v) is 2.11. The summed E-state index contributed by atoms with van der Waals surface area (Å²) >= 11 is 5.85. The number of hydrogen-bond donors (Lipinski definition) is 1. The number of benzene rings is 1. The van der Waals surface area contributed by atoms with Gasteiger partial charge in [-0.3, -0.25) is 0 Å². The Morgan fingerprint density at radius 2 is 2.00 bits per heavy atom. The summed E-state index contributed by atoms with van der Waals surface area (Å²) in [7, 11) is 1.33. The first-order valence-corrected chi connectivity index (χ1v) is 7.14. The Bertz CT molecular complexity index is 592. The molecule has 1 heterocycles. The maximum atomic E-state index is 11.3. The highest BCUT2D eigenvalue weighted by Gasteiger charge is 2.14. The number of methoxy groups -OCH3 is 1. The number of ether oxygens (including phenoxy) is 1. The molecule has 0 amide bonds. The molecule has 1 aromatic carbocycles. The minimum Gasteiger partial charge on any atom is -0.463 e. The summed E-state index contributed by atoms with van der Waals surface area (Å²) in [5, 5.41) is 4.10.